The van der Waals surface area contributed by atoms with Crippen LogP contribution in [0.3, 0.4) is 0 Å². The van der Waals surface area contributed by atoms with Gasteiger partial charge >= 0.3 is 0 Å². The molecule has 0 unspecified atom stereocenters. The first-order valence-corrected chi connectivity index (χ1v) is 8.77. The number of amides is 1. The summed E-state index contributed by atoms with van der Waals surface area (Å²) in [6, 6.07) is 10.4. The number of hydrogen-bond acceptors (Lipinski definition) is 2. The van der Waals surface area contributed by atoms with E-state index in [0.29, 0.717) is 6.54 Å². The van der Waals surface area contributed by atoms with Gasteiger partial charge in [0.1, 0.15) is 0 Å². The van der Waals surface area contributed by atoms with Crippen LogP contribution < -0.4 is 0 Å². The van der Waals surface area contributed by atoms with Crippen molar-refractivity contribution in [1.82, 2.24) is 14.7 Å². The van der Waals surface area contributed by atoms with E-state index in [2.05, 4.69) is 31.1 Å². The van der Waals surface area contributed by atoms with Crippen LogP contribution in [0.25, 0.3) is 0 Å². The molecule has 4 nitrogen and oxygen atoms in total. The highest BCUT2D eigenvalue weighted by Crippen LogP contribution is 2.30. The first kappa shape index (κ1) is 18.2. The summed E-state index contributed by atoms with van der Waals surface area (Å²) < 4.78 is 1.86. The van der Waals surface area contributed by atoms with Gasteiger partial charge in [-0.2, -0.15) is 5.10 Å². The van der Waals surface area contributed by atoms with Gasteiger partial charge in [0.2, 0.25) is 5.91 Å². The van der Waals surface area contributed by atoms with Gasteiger partial charge < -0.3 is 4.90 Å². The van der Waals surface area contributed by atoms with Crippen molar-refractivity contribution in [2.24, 2.45) is 7.05 Å². The van der Waals surface area contributed by atoms with Gasteiger partial charge in [0, 0.05) is 24.8 Å². The summed E-state index contributed by atoms with van der Waals surface area (Å²) in [5.41, 5.74) is 4.27. The van der Waals surface area contributed by atoms with Gasteiger partial charge in [0.25, 0.3) is 0 Å². The van der Waals surface area contributed by atoms with E-state index in [0.717, 1.165) is 23.4 Å². The van der Waals surface area contributed by atoms with Crippen LogP contribution in [0.2, 0.25) is 0 Å². The van der Waals surface area contributed by atoms with Gasteiger partial charge in [-0.05, 0) is 39.7 Å². The van der Waals surface area contributed by atoms with Crippen LogP contribution in [0.1, 0.15) is 61.7 Å². The fraction of sp³-hybridized carbons (Fsp3) is 0.500. The fourth-order valence-corrected chi connectivity index (χ4v) is 3.63. The molecule has 24 heavy (non-hydrogen) atoms. The summed E-state index contributed by atoms with van der Waals surface area (Å²) in [4.78, 5) is 15.3. The zero-order valence-electron chi connectivity index (χ0n) is 15.7. The number of benzene rings is 1. The average molecular weight is 327 g/mol. The lowest BCUT2D eigenvalue weighted by atomic mass is 9.95. The highest BCUT2D eigenvalue weighted by molar-refractivity contribution is 5.84. The second kappa shape index (κ2) is 7.65. The van der Waals surface area contributed by atoms with Crippen molar-refractivity contribution in [3.05, 3.63) is 52.8 Å². The van der Waals surface area contributed by atoms with Crippen molar-refractivity contribution in [2.45, 2.75) is 53.0 Å². The van der Waals surface area contributed by atoms with Crippen LogP contribution in [0, 0.1) is 13.8 Å². The van der Waals surface area contributed by atoms with Gasteiger partial charge in [0.15, 0.2) is 0 Å². The van der Waals surface area contributed by atoms with Crippen molar-refractivity contribution in [3.63, 3.8) is 0 Å². The highest BCUT2D eigenvalue weighted by Gasteiger charge is 2.30. The largest absolute Gasteiger partial charge is 0.335 e. The Morgan fingerprint density at radius 1 is 1.21 bits per heavy atom. The first-order chi connectivity index (χ1) is 11.4. The molecule has 0 spiro atoms. The summed E-state index contributed by atoms with van der Waals surface area (Å²) in [5.74, 6) is -0.0104. The molecule has 0 bridgehead atoms. The minimum Gasteiger partial charge on any atom is -0.335 e. The predicted octanol–water partition coefficient (Wildman–Crippen LogP) is 4.14. The Morgan fingerprint density at radius 3 is 2.29 bits per heavy atom. The Morgan fingerprint density at radius 2 is 1.83 bits per heavy atom. The fourth-order valence-electron chi connectivity index (χ4n) is 3.63. The van der Waals surface area contributed by atoms with Gasteiger partial charge in [-0.15, -0.1) is 0 Å². The molecule has 0 saturated heterocycles. The number of rotatable bonds is 6. The molecule has 1 aromatic carbocycles. The molecule has 0 saturated carbocycles. The molecular formula is C20H29N3O. The molecule has 1 aromatic heterocycles. The average Bonchev–Trinajstić information content (AvgIpc) is 2.84. The van der Waals surface area contributed by atoms with E-state index in [1.165, 1.54) is 5.56 Å². The lowest BCUT2D eigenvalue weighted by Crippen LogP contribution is -2.37. The zero-order chi connectivity index (χ0) is 17.9. The minimum atomic E-state index is -0.184. The molecule has 2 atom stereocenters. The van der Waals surface area contributed by atoms with Crippen molar-refractivity contribution in [2.75, 3.05) is 6.54 Å². The van der Waals surface area contributed by atoms with Crippen LogP contribution in [-0.2, 0) is 11.8 Å². The number of carbonyl (C=O) groups excluding carboxylic acids is 1. The maximum atomic E-state index is 13.3. The maximum absolute atomic E-state index is 13.3. The third-order valence-corrected chi connectivity index (χ3v) is 4.94. The number of hydrogen-bond donors (Lipinski definition) is 0. The SMILES string of the molecule is CC[C@@H](c1ccccc1)N(CC)C(=O)[C@@H](C)c1c(C)nn(C)c1C. The zero-order valence-corrected chi connectivity index (χ0v) is 15.7. The number of likely N-dealkylation sites (N-methyl/N-ethyl adjacent to an activating group) is 1. The lowest BCUT2D eigenvalue weighted by Gasteiger charge is -2.33. The van der Waals surface area contributed by atoms with E-state index in [1.54, 1.807) is 0 Å². The second-order valence-electron chi connectivity index (χ2n) is 6.39. The number of carbonyl (C=O) groups is 1. The van der Waals surface area contributed by atoms with Crippen molar-refractivity contribution in [1.29, 1.82) is 0 Å². The van der Waals surface area contributed by atoms with Crippen LogP contribution in [0.4, 0.5) is 0 Å². The number of nitrogens with zero attached hydrogens (tertiary/aromatic N) is 3. The molecule has 0 aliphatic rings. The van der Waals surface area contributed by atoms with E-state index < -0.39 is 0 Å². The van der Waals surface area contributed by atoms with E-state index in [-0.39, 0.29) is 17.9 Å². The summed E-state index contributed by atoms with van der Waals surface area (Å²) in [7, 11) is 1.93. The van der Waals surface area contributed by atoms with E-state index >= 15 is 0 Å². The maximum Gasteiger partial charge on any atom is 0.230 e. The standard InChI is InChI=1S/C20H29N3O/c1-7-18(17-12-10-9-11-13-17)23(8-2)20(24)14(3)19-15(4)21-22(6)16(19)5/h9-14,18H,7-8H2,1-6H3/t14-,18-/m0/s1. The summed E-state index contributed by atoms with van der Waals surface area (Å²) >= 11 is 0. The molecule has 0 N–H and O–H groups in total. The van der Waals surface area contributed by atoms with Crippen LogP contribution in [-0.4, -0.2) is 27.1 Å². The normalized spacial score (nSPS) is 13.6. The molecule has 0 aliphatic carbocycles. The number of aryl methyl sites for hydroxylation is 2. The molecule has 2 aromatic rings. The molecule has 2 rings (SSSR count). The smallest absolute Gasteiger partial charge is 0.230 e. The van der Waals surface area contributed by atoms with Gasteiger partial charge in [0.05, 0.1) is 17.7 Å². The third kappa shape index (κ3) is 3.37. The Hall–Kier alpha value is -2.10. The van der Waals surface area contributed by atoms with Crippen molar-refractivity contribution >= 4 is 5.91 Å². The van der Waals surface area contributed by atoms with Crippen LogP contribution >= 0.6 is 0 Å². The molecule has 0 aliphatic heterocycles. The first-order valence-electron chi connectivity index (χ1n) is 8.77. The molecular weight excluding hydrogens is 298 g/mol. The minimum absolute atomic E-state index is 0.114. The summed E-state index contributed by atoms with van der Waals surface area (Å²) in [5, 5.41) is 4.47. The Labute approximate surface area is 145 Å². The van der Waals surface area contributed by atoms with Crippen molar-refractivity contribution < 1.29 is 4.79 Å². The highest BCUT2D eigenvalue weighted by atomic mass is 16.2. The molecule has 1 amide bonds. The monoisotopic (exact) mass is 327 g/mol. The molecule has 1 heterocycles. The molecule has 4 heteroatoms. The van der Waals surface area contributed by atoms with E-state index in [4.69, 9.17) is 0 Å². The van der Waals surface area contributed by atoms with Gasteiger partial charge in [-0.25, -0.2) is 0 Å². The Bertz CT molecular complexity index is 690. The molecule has 0 radical (unpaired) electrons. The predicted molar refractivity (Wildman–Crippen MR) is 98.0 cm³/mol. The van der Waals surface area contributed by atoms with Crippen molar-refractivity contribution in [3.8, 4) is 0 Å². The number of aromatic nitrogens is 2. The summed E-state index contributed by atoms with van der Waals surface area (Å²) in [6.07, 6.45) is 0.904. The van der Waals surface area contributed by atoms with E-state index in [9.17, 15) is 4.79 Å². The molecule has 130 valence electrons. The van der Waals surface area contributed by atoms with Gasteiger partial charge in [-0.1, -0.05) is 37.3 Å². The Balaban J connectivity index is 2.34. The topological polar surface area (TPSA) is 38.1 Å². The second-order valence-corrected chi connectivity index (χ2v) is 6.39. The summed E-state index contributed by atoms with van der Waals surface area (Å²) in [6.45, 7) is 10.9. The molecule has 0 fully saturated rings. The van der Waals surface area contributed by atoms with Crippen LogP contribution in [0.5, 0.6) is 0 Å². The Kier molecular flexibility index (Phi) is 5.81. The quantitative estimate of drug-likeness (QED) is 0.800. The van der Waals surface area contributed by atoms with Gasteiger partial charge in [-0.3, -0.25) is 9.48 Å². The van der Waals surface area contributed by atoms with Crippen LogP contribution in [0.15, 0.2) is 30.3 Å². The third-order valence-electron chi connectivity index (χ3n) is 4.94. The van der Waals surface area contributed by atoms with E-state index in [1.807, 2.05) is 55.6 Å². The lowest BCUT2D eigenvalue weighted by molar-refractivity contribution is -0.134.